The number of hydrogen-bond acceptors (Lipinski definition) is 14. The van der Waals surface area contributed by atoms with Gasteiger partial charge in [-0.1, -0.05) is 36.4 Å². The lowest BCUT2D eigenvalue weighted by atomic mass is 9.80. The fourth-order valence-electron chi connectivity index (χ4n) is 11.3. The molecule has 26 heteroatoms. The number of aryl methyl sites for hydroxylation is 2. The van der Waals surface area contributed by atoms with E-state index >= 15 is 0 Å². The minimum Gasteiger partial charge on any atom is -0.486 e. The van der Waals surface area contributed by atoms with Crippen LogP contribution in [0.15, 0.2) is 131 Å². The number of carboxylic acid groups (broad SMARTS) is 2. The number of alkyl halides is 4. The molecule has 2 aliphatic carbocycles. The molecule has 84 heavy (non-hydrogen) atoms. The summed E-state index contributed by atoms with van der Waals surface area (Å²) in [5.74, 6) is -4.84. The monoisotopic (exact) mass is 1210 g/mol. The Morgan fingerprint density at radius 3 is 1.21 bits per heavy atom. The number of aliphatic hydroxyl groups is 4. The average Bonchev–Trinajstić information content (AvgIpc) is 1.06. The Balaban J connectivity index is 0.000000202. The SMILES string of the molecule is Cc1cccc(S(=O)(=O)N2C[C@H](CC3(C(=O)O)C[C@@H](O)[C@@H](O)C3)Oc3ccc(-c4cc(F)cc(OC(F)F)c4)cc32)c1.Cc1cccc(S(=O)(=O)N2C[C@H](CC3(C(=O)O)C[C@@H](O)[C@@H](O)C3)Oc3ccc(-c4cc(F)cc(OC(F)F)c4)cc32)c1. The van der Waals surface area contributed by atoms with E-state index in [1.54, 1.807) is 38.1 Å². The number of carbonyl (C=O) groups is 2. The second kappa shape index (κ2) is 23.8. The van der Waals surface area contributed by atoms with Crippen molar-refractivity contribution in [1.29, 1.82) is 0 Å². The lowest BCUT2D eigenvalue weighted by Gasteiger charge is -2.38. The molecule has 0 radical (unpaired) electrons. The molecule has 6 aromatic carbocycles. The largest absolute Gasteiger partial charge is 0.486 e. The summed E-state index contributed by atoms with van der Waals surface area (Å²) in [5.41, 5.74) is -0.760. The number of ether oxygens (including phenoxy) is 4. The first-order chi connectivity index (χ1) is 39.5. The van der Waals surface area contributed by atoms with Crippen LogP contribution in [0.5, 0.6) is 23.0 Å². The molecular formula is C58H56F6N2O16S2. The standard InChI is InChI=1S/2C29H28F3NO8S/c2*1-16-3-2-4-22(7-16)42(38,39)33-15-21(12-29(27(36)37)13-24(34)25(35)14-29)40-26-6-5-17(10-23(26)33)18-8-19(30)11-20(9-18)41-28(31)32/h2*2-11,21,24-25,28,34-35H,12-15H2,1H3,(H,36,37)/t2*21-,24-,25+,29?/m00/s1. The lowest BCUT2D eigenvalue weighted by Crippen LogP contribution is -2.47. The zero-order chi connectivity index (χ0) is 60.8. The molecule has 2 heterocycles. The Labute approximate surface area is 477 Å². The van der Waals surface area contributed by atoms with E-state index in [0.29, 0.717) is 11.1 Å². The molecule has 2 fully saturated rings. The van der Waals surface area contributed by atoms with Crippen molar-refractivity contribution in [3.63, 3.8) is 0 Å². The molecule has 0 amide bonds. The summed E-state index contributed by atoms with van der Waals surface area (Å²) in [6, 6.07) is 27.2. The van der Waals surface area contributed by atoms with Crippen molar-refractivity contribution in [2.24, 2.45) is 10.8 Å². The predicted molar refractivity (Wildman–Crippen MR) is 289 cm³/mol. The second-order valence-electron chi connectivity index (χ2n) is 21.3. The molecule has 2 saturated carbocycles. The highest BCUT2D eigenvalue weighted by atomic mass is 32.2. The second-order valence-corrected chi connectivity index (χ2v) is 25.0. The van der Waals surface area contributed by atoms with Crippen LogP contribution >= 0.6 is 0 Å². The highest BCUT2D eigenvalue weighted by molar-refractivity contribution is 7.93. The number of sulfonamides is 2. The predicted octanol–water partition coefficient (Wildman–Crippen LogP) is 8.67. The van der Waals surface area contributed by atoms with Gasteiger partial charge in [0.15, 0.2) is 0 Å². The van der Waals surface area contributed by atoms with Gasteiger partial charge in [-0.15, -0.1) is 0 Å². The summed E-state index contributed by atoms with van der Waals surface area (Å²) in [6.07, 6.45) is -8.29. The fraction of sp³-hybridized carbons (Fsp3) is 0.345. The summed E-state index contributed by atoms with van der Waals surface area (Å²) >= 11 is 0. The van der Waals surface area contributed by atoms with E-state index in [0.717, 1.165) is 32.9 Å². The van der Waals surface area contributed by atoms with Gasteiger partial charge < -0.3 is 49.6 Å². The van der Waals surface area contributed by atoms with Crippen molar-refractivity contribution in [1.82, 2.24) is 0 Å². The Kier molecular flexibility index (Phi) is 17.3. The number of aliphatic hydroxyl groups excluding tert-OH is 4. The fourth-order valence-corrected chi connectivity index (χ4v) is 14.5. The number of fused-ring (bicyclic) bond motifs is 2. The first-order valence-corrected chi connectivity index (χ1v) is 28.9. The van der Waals surface area contributed by atoms with Crippen molar-refractivity contribution >= 4 is 43.4 Å². The molecule has 18 nitrogen and oxygen atoms in total. The lowest BCUT2D eigenvalue weighted by molar-refractivity contribution is -0.151. The molecule has 0 spiro atoms. The van der Waals surface area contributed by atoms with Crippen LogP contribution in [0.3, 0.4) is 0 Å². The van der Waals surface area contributed by atoms with Gasteiger partial charge >= 0.3 is 25.2 Å². The van der Waals surface area contributed by atoms with Crippen LogP contribution in [0.2, 0.25) is 0 Å². The molecule has 2 unspecified atom stereocenters. The topological polar surface area (TPSA) is 267 Å². The van der Waals surface area contributed by atoms with Crippen molar-refractivity contribution in [3.05, 3.63) is 144 Å². The zero-order valence-electron chi connectivity index (χ0n) is 44.6. The molecule has 8 atom stereocenters. The first-order valence-electron chi connectivity index (χ1n) is 26.1. The highest BCUT2D eigenvalue weighted by Crippen LogP contribution is 2.49. The van der Waals surface area contributed by atoms with Gasteiger partial charge in [0.25, 0.3) is 20.0 Å². The normalized spacial score (nSPS) is 23.9. The van der Waals surface area contributed by atoms with Gasteiger partial charge in [0, 0.05) is 25.0 Å². The Morgan fingerprint density at radius 1 is 0.536 bits per heavy atom. The number of carboxylic acids is 2. The van der Waals surface area contributed by atoms with Gasteiger partial charge in [-0.05, 0) is 146 Å². The molecule has 2 aliphatic heterocycles. The van der Waals surface area contributed by atoms with E-state index in [4.69, 9.17) is 9.47 Å². The van der Waals surface area contributed by atoms with Crippen molar-refractivity contribution in [2.45, 2.75) is 112 Å². The summed E-state index contributed by atoms with van der Waals surface area (Å²) < 4.78 is 159. The number of halogens is 6. The molecule has 6 aromatic rings. The number of aliphatic carboxylic acids is 2. The summed E-state index contributed by atoms with van der Waals surface area (Å²) in [5, 5.41) is 60.5. The highest BCUT2D eigenvalue weighted by Gasteiger charge is 2.54. The number of nitrogens with zero attached hydrogens (tertiary/aromatic N) is 2. The van der Waals surface area contributed by atoms with Crippen LogP contribution in [-0.2, 0) is 29.6 Å². The Hall–Kier alpha value is -7.62. The average molecular weight is 1220 g/mol. The Bertz CT molecular complexity index is 3450. The van der Waals surface area contributed by atoms with E-state index in [1.165, 1.54) is 72.8 Å². The maximum absolute atomic E-state index is 14.3. The Morgan fingerprint density at radius 2 is 0.893 bits per heavy atom. The van der Waals surface area contributed by atoms with E-state index in [2.05, 4.69) is 9.47 Å². The third kappa shape index (κ3) is 12.9. The molecule has 10 rings (SSSR count). The maximum Gasteiger partial charge on any atom is 0.387 e. The summed E-state index contributed by atoms with van der Waals surface area (Å²) in [7, 11) is -8.50. The van der Waals surface area contributed by atoms with Crippen molar-refractivity contribution < 1.29 is 102 Å². The van der Waals surface area contributed by atoms with Crippen molar-refractivity contribution in [2.75, 3.05) is 21.7 Å². The number of anilines is 2. The third-order valence-corrected chi connectivity index (χ3v) is 18.8. The van der Waals surface area contributed by atoms with Crippen LogP contribution in [0, 0.1) is 36.3 Å². The summed E-state index contributed by atoms with van der Waals surface area (Å²) in [6.45, 7) is -3.53. The number of hydrogen-bond donors (Lipinski definition) is 6. The van der Waals surface area contributed by atoms with Crippen LogP contribution in [0.25, 0.3) is 22.3 Å². The van der Waals surface area contributed by atoms with Gasteiger partial charge in [0.05, 0.1) is 69.5 Å². The van der Waals surface area contributed by atoms with E-state index < -0.39 is 116 Å². The summed E-state index contributed by atoms with van der Waals surface area (Å²) in [4.78, 5) is 24.5. The van der Waals surface area contributed by atoms with Crippen LogP contribution < -0.4 is 27.6 Å². The smallest absolute Gasteiger partial charge is 0.387 e. The van der Waals surface area contributed by atoms with Crippen LogP contribution in [0.1, 0.15) is 49.7 Å². The molecule has 0 aromatic heterocycles. The van der Waals surface area contributed by atoms with Gasteiger partial charge in [-0.2, -0.15) is 17.6 Å². The van der Waals surface area contributed by atoms with E-state index in [-0.39, 0.29) is 107 Å². The van der Waals surface area contributed by atoms with Gasteiger partial charge in [0.2, 0.25) is 0 Å². The third-order valence-electron chi connectivity index (χ3n) is 15.2. The first kappa shape index (κ1) is 61.0. The van der Waals surface area contributed by atoms with Crippen LogP contribution in [-0.4, -0.2) is 122 Å². The van der Waals surface area contributed by atoms with Crippen LogP contribution in [0.4, 0.5) is 37.7 Å². The van der Waals surface area contributed by atoms with Gasteiger partial charge in [-0.25, -0.2) is 25.6 Å². The molecule has 6 N–H and O–H groups in total. The molecule has 448 valence electrons. The van der Waals surface area contributed by atoms with E-state index in [9.17, 15) is 83.4 Å². The maximum atomic E-state index is 14.3. The molecule has 0 saturated heterocycles. The molecule has 4 aliphatic rings. The van der Waals surface area contributed by atoms with Crippen molar-refractivity contribution in [3.8, 4) is 45.3 Å². The zero-order valence-corrected chi connectivity index (χ0v) is 46.2. The molecule has 0 bridgehead atoms. The minimum atomic E-state index is -4.25. The van der Waals surface area contributed by atoms with E-state index in [1.807, 2.05) is 0 Å². The number of rotatable bonds is 16. The van der Waals surface area contributed by atoms with Gasteiger partial charge in [-0.3, -0.25) is 18.2 Å². The van der Waals surface area contributed by atoms with Gasteiger partial charge in [0.1, 0.15) is 46.8 Å². The minimum absolute atomic E-state index is 0.0301. The molecular weight excluding hydrogens is 1160 g/mol. The number of benzene rings is 6. The quantitative estimate of drug-likeness (QED) is 0.0495.